The highest BCUT2D eigenvalue weighted by Crippen LogP contribution is 2.27. The van der Waals surface area contributed by atoms with Crippen LogP contribution in [0.1, 0.15) is 12.8 Å². The number of hydrogen-bond donors (Lipinski definition) is 2. The van der Waals surface area contributed by atoms with E-state index in [4.69, 9.17) is 0 Å². The fourth-order valence-electron chi connectivity index (χ4n) is 3.49. The van der Waals surface area contributed by atoms with Gasteiger partial charge < -0.3 is 20.4 Å². The number of hydrogen-bond acceptors (Lipinski definition) is 6. The molecule has 196 valence electrons. The lowest BCUT2D eigenvalue weighted by molar-refractivity contribution is -0.122. The van der Waals surface area contributed by atoms with Crippen molar-refractivity contribution in [1.82, 2.24) is 20.6 Å². The van der Waals surface area contributed by atoms with Gasteiger partial charge in [-0.2, -0.15) is 45.1 Å². The Morgan fingerprint density at radius 1 is 0.528 bits per heavy atom. The molecule has 0 bridgehead atoms. The van der Waals surface area contributed by atoms with Crippen LogP contribution in [0.4, 0.5) is 46.5 Å². The summed E-state index contributed by atoms with van der Waals surface area (Å²) in [5.74, 6) is -16.2. The molecule has 0 aliphatic carbocycles. The number of carbonyl (C=O) groups excluding carboxylic acids is 2. The number of aromatic nitrogens is 2. The molecular formula is C20H18F8N6O2. The smallest absolute Gasteiger partial charge is 0.253 e. The molecule has 0 spiro atoms. The summed E-state index contributed by atoms with van der Waals surface area (Å²) >= 11 is 0. The van der Waals surface area contributed by atoms with E-state index in [1.165, 1.54) is 0 Å². The van der Waals surface area contributed by atoms with Crippen LogP contribution in [-0.2, 0) is 9.59 Å². The highest BCUT2D eigenvalue weighted by Gasteiger charge is 2.28. The third-order valence-corrected chi connectivity index (χ3v) is 5.21. The maximum absolute atomic E-state index is 14.2. The number of pyridine rings is 2. The summed E-state index contributed by atoms with van der Waals surface area (Å²) < 4.78 is 111. The van der Waals surface area contributed by atoms with Crippen molar-refractivity contribution in [3.05, 3.63) is 47.1 Å². The van der Waals surface area contributed by atoms with E-state index < -0.39 is 109 Å². The molecule has 1 aliphatic heterocycles. The minimum Gasteiger partial charge on any atom is -0.364 e. The van der Waals surface area contributed by atoms with Crippen molar-refractivity contribution in [1.29, 1.82) is 0 Å². The molecule has 1 saturated heterocycles. The Bertz CT molecular complexity index is 1030. The Kier molecular flexibility index (Phi) is 8.47. The first-order chi connectivity index (χ1) is 17.0. The highest BCUT2D eigenvalue weighted by atomic mass is 19.2. The molecule has 1 fully saturated rings. The molecule has 16 heteroatoms. The normalized spacial score (nSPS) is 16.4. The van der Waals surface area contributed by atoms with Crippen molar-refractivity contribution in [2.75, 3.05) is 49.1 Å². The maximum atomic E-state index is 14.2. The van der Waals surface area contributed by atoms with Crippen molar-refractivity contribution < 1.29 is 44.7 Å². The molecule has 2 aromatic heterocycles. The van der Waals surface area contributed by atoms with Crippen LogP contribution in [0.3, 0.4) is 0 Å². The summed E-state index contributed by atoms with van der Waals surface area (Å²) in [6, 6.07) is 0. The molecule has 8 nitrogen and oxygen atoms in total. The lowest BCUT2D eigenvalue weighted by Gasteiger charge is -2.28. The second-order valence-electron chi connectivity index (χ2n) is 7.51. The molecular weight excluding hydrogens is 508 g/mol. The molecule has 0 radical (unpaired) electrons. The molecule has 2 N–H and O–H groups in total. The average molecular weight is 526 g/mol. The standard InChI is InChI=1S/C20H18F8N6O2/c21-11-15(12(22)18(26)31-17(11)25)33-5-1-9(35)29-3-8-34(6-2-10(36)30-4-7-33)16-13(23)19(27)32-20(28)14(16)24/h1-8H2,(H,29,35)(H,30,36). The summed E-state index contributed by atoms with van der Waals surface area (Å²) in [5.41, 5.74) is -2.24. The van der Waals surface area contributed by atoms with Crippen molar-refractivity contribution in [2.45, 2.75) is 12.8 Å². The quantitative estimate of drug-likeness (QED) is 0.460. The monoisotopic (exact) mass is 526 g/mol. The van der Waals surface area contributed by atoms with Gasteiger partial charge in [0.2, 0.25) is 35.1 Å². The maximum Gasteiger partial charge on any atom is 0.253 e. The summed E-state index contributed by atoms with van der Waals surface area (Å²) in [7, 11) is 0. The summed E-state index contributed by atoms with van der Waals surface area (Å²) in [4.78, 5) is 31.0. The molecule has 0 aromatic carbocycles. The van der Waals surface area contributed by atoms with Crippen LogP contribution in [0.2, 0.25) is 0 Å². The zero-order valence-electron chi connectivity index (χ0n) is 18.3. The molecule has 36 heavy (non-hydrogen) atoms. The van der Waals surface area contributed by atoms with Crippen LogP contribution in [0.15, 0.2) is 0 Å². The minimum absolute atomic E-state index is 0.327. The number of rotatable bonds is 2. The summed E-state index contributed by atoms with van der Waals surface area (Å²) in [5, 5.41) is 4.67. The van der Waals surface area contributed by atoms with E-state index >= 15 is 0 Å². The Morgan fingerprint density at radius 2 is 0.833 bits per heavy atom. The van der Waals surface area contributed by atoms with Crippen LogP contribution in [0, 0.1) is 47.1 Å². The van der Waals surface area contributed by atoms with Crippen LogP contribution >= 0.6 is 0 Å². The highest BCUT2D eigenvalue weighted by molar-refractivity contribution is 5.77. The molecule has 2 amide bonds. The molecule has 0 unspecified atom stereocenters. The van der Waals surface area contributed by atoms with Crippen LogP contribution in [-0.4, -0.2) is 61.1 Å². The predicted octanol–water partition coefficient (Wildman–Crippen LogP) is 1.93. The van der Waals surface area contributed by atoms with Gasteiger partial charge in [-0.25, -0.2) is 0 Å². The van der Waals surface area contributed by atoms with Gasteiger partial charge in [-0.3, -0.25) is 9.59 Å². The van der Waals surface area contributed by atoms with Gasteiger partial charge >= 0.3 is 0 Å². The van der Waals surface area contributed by atoms with Crippen molar-refractivity contribution >= 4 is 23.2 Å². The average Bonchev–Trinajstić information content (AvgIpc) is 2.82. The van der Waals surface area contributed by atoms with Gasteiger partial charge in [0.25, 0.3) is 23.8 Å². The summed E-state index contributed by atoms with van der Waals surface area (Å²) in [6.07, 6.45) is -0.917. The third kappa shape index (κ3) is 5.91. The van der Waals surface area contributed by atoms with E-state index in [9.17, 15) is 44.7 Å². The molecule has 0 atom stereocenters. The molecule has 2 aromatic rings. The first-order valence-corrected chi connectivity index (χ1v) is 10.4. The summed E-state index contributed by atoms with van der Waals surface area (Å²) in [6.45, 7) is -2.36. The van der Waals surface area contributed by atoms with E-state index in [-0.39, 0.29) is 13.1 Å². The number of nitrogens with zero attached hydrogens (tertiary/aromatic N) is 4. The van der Waals surface area contributed by atoms with Gasteiger partial charge in [0.1, 0.15) is 11.4 Å². The van der Waals surface area contributed by atoms with E-state index in [0.29, 0.717) is 0 Å². The van der Waals surface area contributed by atoms with E-state index in [0.717, 1.165) is 9.80 Å². The van der Waals surface area contributed by atoms with Crippen molar-refractivity contribution in [3.8, 4) is 0 Å². The first kappa shape index (κ1) is 26.9. The number of amides is 2. The Balaban J connectivity index is 1.82. The SMILES string of the molecule is O=C1CCN(c2c(F)c(F)nc(F)c2F)CCNC(=O)CCN(c2c(F)c(F)nc(F)c2F)CCN1. The number of carbonyl (C=O) groups is 2. The Labute approximate surface area is 198 Å². The van der Waals surface area contributed by atoms with Crippen LogP contribution in [0.25, 0.3) is 0 Å². The Hall–Kier alpha value is -3.72. The Morgan fingerprint density at radius 3 is 1.14 bits per heavy atom. The second kappa shape index (κ2) is 11.3. The van der Waals surface area contributed by atoms with Gasteiger partial charge in [-0.15, -0.1) is 0 Å². The lowest BCUT2D eigenvalue weighted by atomic mass is 10.2. The topological polar surface area (TPSA) is 90.5 Å². The number of nitrogens with one attached hydrogen (secondary N) is 2. The first-order valence-electron chi connectivity index (χ1n) is 10.4. The van der Waals surface area contributed by atoms with Crippen molar-refractivity contribution in [2.24, 2.45) is 0 Å². The molecule has 3 rings (SSSR count). The van der Waals surface area contributed by atoms with Gasteiger partial charge in [0.15, 0.2) is 0 Å². The van der Waals surface area contributed by atoms with E-state index in [1.54, 1.807) is 0 Å². The fraction of sp³-hybridized carbons (Fsp3) is 0.400. The molecule has 1 aliphatic rings. The largest absolute Gasteiger partial charge is 0.364 e. The van der Waals surface area contributed by atoms with Gasteiger partial charge in [-0.05, 0) is 0 Å². The number of anilines is 2. The minimum atomic E-state index is -1.90. The fourth-order valence-corrected chi connectivity index (χ4v) is 3.49. The predicted molar refractivity (Wildman–Crippen MR) is 108 cm³/mol. The van der Waals surface area contributed by atoms with Crippen molar-refractivity contribution in [3.63, 3.8) is 0 Å². The van der Waals surface area contributed by atoms with Crippen LogP contribution in [0.5, 0.6) is 0 Å². The van der Waals surface area contributed by atoms with Gasteiger partial charge in [0, 0.05) is 52.1 Å². The second-order valence-corrected chi connectivity index (χ2v) is 7.51. The molecule has 3 heterocycles. The van der Waals surface area contributed by atoms with E-state index in [2.05, 4.69) is 20.6 Å². The molecule has 0 saturated carbocycles. The van der Waals surface area contributed by atoms with E-state index in [1.807, 2.05) is 0 Å². The zero-order chi connectivity index (χ0) is 26.6. The zero-order valence-corrected chi connectivity index (χ0v) is 18.3. The van der Waals surface area contributed by atoms with Gasteiger partial charge in [-0.1, -0.05) is 0 Å². The number of halogens is 8. The van der Waals surface area contributed by atoms with Crippen LogP contribution < -0.4 is 20.4 Å². The third-order valence-electron chi connectivity index (χ3n) is 5.21. The lowest BCUT2D eigenvalue weighted by Crippen LogP contribution is -2.42. The van der Waals surface area contributed by atoms with Gasteiger partial charge in [0.05, 0.1) is 0 Å².